The van der Waals surface area contributed by atoms with Crippen molar-refractivity contribution in [2.75, 3.05) is 0 Å². The van der Waals surface area contributed by atoms with E-state index in [1.165, 1.54) is 0 Å². The van der Waals surface area contributed by atoms with E-state index in [1.807, 2.05) is 6.07 Å². The van der Waals surface area contributed by atoms with Crippen molar-refractivity contribution in [3.05, 3.63) is 48.2 Å². The highest BCUT2D eigenvalue weighted by molar-refractivity contribution is 5.89. The topological polar surface area (TPSA) is 54.0 Å². The van der Waals surface area contributed by atoms with Gasteiger partial charge in [-0.25, -0.2) is 4.79 Å². The molecular weight excluding hydrogens is 260 g/mol. The summed E-state index contributed by atoms with van der Waals surface area (Å²) in [5, 5.41) is 0. The number of fused-ring (bicyclic) bond motifs is 1. The van der Waals surface area contributed by atoms with E-state index in [4.69, 9.17) is 18.9 Å². The summed E-state index contributed by atoms with van der Waals surface area (Å²) >= 11 is 0. The molecule has 0 bridgehead atoms. The molecule has 2 saturated heterocycles. The lowest BCUT2D eigenvalue weighted by atomic mass is 10.2. The summed E-state index contributed by atoms with van der Waals surface area (Å²) in [5.74, 6) is -0.845. The molecule has 0 spiro atoms. The Labute approximate surface area is 117 Å². The average molecular weight is 276 g/mol. The molecule has 2 heterocycles. The van der Waals surface area contributed by atoms with Gasteiger partial charge in [0.05, 0.1) is 5.56 Å². The molecule has 0 radical (unpaired) electrons. The smallest absolute Gasteiger partial charge is 0.338 e. The first-order chi connectivity index (χ1) is 9.46. The molecule has 0 aliphatic carbocycles. The molecule has 106 valence electrons. The molecule has 1 aromatic carbocycles. The van der Waals surface area contributed by atoms with Gasteiger partial charge >= 0.3 is 5.97 Å². The third kappa shape index (κ3) is 2.30. The van der Waals surface area contributed by atoms with Gasteiger partial charge in [-0.1, -0.05) is 24.8 Å². The van der Waals surface area contributed by atoms with Gasteiger partial charge in [-0.2, -0.15) is 0 Å². The summed E-state index contributed by atoms with van der Waals surface area (Å²) in [7, 11) is 0. The van der Waals surface area contributed by atoms with Crippen LogP contribution in [0.3, 0.4) is 0 Å². The predicted molar refractivity (Wildman–Crippen MR) is 69.7 cm³/mol. The summed E-state index contributed by atoms with van der Waals surface area (Å²) in [6, 6.07) is 8.76. The molecule has 0 unspecified atom stereocenters. The number of esters is 1. The van der Waals surface area contributed by atoms with Crippen molar-refractivity contribution in [3.8, 4) is 0 Å². The first-order valence-corrected chi connectivity index (χ1v) is 6.43. The van der Waals surface area contributed by atoms with E-state index in [0.29, 0.717) is 11.3 Å². The molecule has 2 aliphatic heterocycles. The van der Waals surface area contributed by atoms with Crippen molar-refractivity contribution in [3.63, 3.8) is 0 Å². The van der Waals surface area contributed by atoms with Crippen molar-refractivity contribution >= 4 is 5.97 Å². The van der Waals surface area contributed by atoms with Gasteiger partial charge in [0.15, 0.2) is 18.0 Å². The van der Waals surface area contributed by atoms with Gasteiger partial charge in [-0.15, -0.1) is 0 Å². The standard InChI is InChI=1S/C15H16O5/c1-9-11(12-14(17-9)20-15(2,3)19-12)18-13(16)10-7-5-4-6-8-10/h4-8,11-12,14H,1H2,2-3H3/t11-,12+,14+/m0/s1. The van der Waals surface area contributed by atoms with E-state index in [0.717, 1.165) is 0 Å². The highest BCUT2D eigenvalue weighted by atomic mass is 16.8. The van der Waals surface area contributed by atoms with Crippen LogP contribution in [-0.2, 0) is 18.9 Å². The average Bonchev–Trinajstić information content (AvgIpc) is 2.84. The van der Waals surface area contributed by atoms with Crippen LogP contribution < -0.4 is 0 Å². The molecule has 0 aromatic heterocycles. The summed E-state index contributed by atoms with van der Waals surface area (Å²) in [6.45, 7) is 7.32. The molecule has 0 amide bonds. The van der Waals surface area contributed by atoms with Crippen LogP contribution in [-0.4, -0.2) is 30.3 Å². The summed E-state index contributed by atoms with van der Waals surface area (Å²) in [6.07, 6.45) is -1.72. The molecule has 0 saturated carbocycles. The zero-order valence-corrected chi connectivity index (χ0v) is 11.4. The van der Waals surface area contributed by atoms with Crippen molar-refractivity contribution in [1.82, 2.24) is 0 Å². The number of benzene rings is 1. The lowest BCUT2D eigenvalue weighted by molar-refractivity contribution is -0.189. The zero-order valence-electron chi connectivity index (χ0n) is 11.4. The first kappa shape index (κ1) is 13.1. The molecular formula is C15H16O5. The molecule has 5 nitrogen and oxygen atoms in total. The van der Waals surface area contributed by atoms with Crippen molar-refractivity contribution < 1.29 is 23.7 Å². The summed E-state index contributed by atoms with van der Waals surface area (Å²) in [5.41, 5.74) is 0.474. The Kier molecular flexibility index (Phi) is 3.03. The van der Waals surface area contributed by atoms with Crippen LogP contribution in [0.2, 0.25) is 0 Å². The summed E-state index contributed by atoms with van der Waals surface area (Å²) < 4.78 is 22.2. The third-order valence-electron chi connectivity index (χ3n) is 3.21. The van der Waals surface area contributed by atoms with E-state index in [-0.39, 0.29) is 0 Å². The number of hydrogen-bond acceptors (Lipinski definition) is 5. The highest BCUT2D eigenvalue weighted by Gasteiger charge is 2.54. The van der Waals surface area contributed by atoms with Crippen molar-refractivity contribution in [1.29, 1.82) is 0 Å². The molecule has 5 heteroatoms. The Balaban J connectivity index is 1.74. The van der Waals surface area contributed by atoms with Crippen molar-refractivity contribution in [2.24, 2.45) is 0 Å². The number of rotatable bonds is 2. The van der Waals surface area contributed by atoms with Crippen LogP contribution in [0, 0.1) is 0 Å². The predicted octanol–water partition coefficient (Wildman–Crippen LogP) is 2.23. The fourth-order valence-corrected chi connectivity index (χ4v) is 2.34. The van der Waals surface area contributed by atoms with E-state index in [1.54, 1.807) is 38.1 Å². The highest BCUT2D eigenvalue weighted by Crippen LogP contribution is 2.39. The molecule has 1 aromatic rings. The Hall–Kier alpha value is -1.85. The van der Waals surface area contributed by atoms with Crippen LogP contribution in [0.25, 0.3) is 0 Å². The Morgan fingerprint density at radius 2 is 1.95 bits per heavy atom. The molecule has 0 N–H and O–H groups in total. The number of hydrogen-bond donors (Lipinski definition) is 0. The number of carbonyl (C=O) groups is 1. The van der Waals surface area contributed by atoms with Crippen LogP contribution in [0.4, 0.5) is 0 Å². The molecule has 20 heavy (non-hydrogen) atoms. The van der Waals surface area contributed by atoms with Gasteiger partial charge in [-0.3, -0.25) is 0 Å². The maximum atomic E-state index is 12.1. The van der Waals surface area contributed by atoms with Gasteiger partial charge in [0.2, 0.25) is 6.29 Å². The molecule has 2 aliphatic rings. The fraction of sp³-hybridized carbons (Fsp3) is 0.400. The normalized spacial score (nSPS) is 30.7. The lowest BCUT2D eigenvalue weighted by Crippen LogP contribution is -2.33. The monoisotopic (exact) mass is 276 g/mol. The Bertz CT molecular complexity index is 536. The minimum absolute atomic E-state index is 0.347. The van der Waals surface area contributed by atoms with Gasteiger partial charge in [0.1, 0.15) is 5.76 Å². The quantitative estimate of drug-likeness (QED) is 0.775. The summed E-state index contributed by atoms with van der Waals surface area (Å²) in [4.78, 5) is 12.1. The van der Waals surface area contributed by atoms with Gasteiger partial charge < -0.3 is 18.9 Å². The van der Waals surface area contributed by atoms with E-state index >= 15 is 0 Å². The fourth-order valence-electron chi connectivity index (χ4n) is 2.34. The second kappa shape index (κ2) is 4.61. The maximum absolute atomic E-state index is 12.1. The number of carbonyl (C=O) groups excluding carboxylic acids is 1. The SMILES string of the molecule is C=C1O[C@@H]2OC(C)(C)O[C@@H]2[C@H]1OC(=O)c1ccccc1. The number of ether oxygens (including phenoxy) is 4. The Morgan fingerprint density at radius 3 is 2.65 bits per heavy atom. The van der Waals surface area contributed by atoms with Crippen LogP contribution >= 0.6 is 0 Å². The van der Waals surface area contributed by atoms with Crippen LogP contribution in [0.5, 0.6) is 0 Å². The van der Waals surface area contributed by atoms with Crippen LogP contribution in [0.15, 0.2) is 42.7 Å². The lowest BCUT2D eigenvalue weighted by Gasteiger charge is -2.21. The van der Waals surface area contributed by atoms with Crippen molar-refractivity contribution in [2.45, 2.75) is 38.1 Å². The molecule has 3 rings (SSSR count). The van der Waals surface area contributed by atoms with Crippen LogP contribution in [0.1, 0.15) is 24.2 Å². The minimum Gasteiger partial charge on any atom is -0.463 e. The van der Waals surface area contributed by atoms with E-state index < -0.39 is 30.3 Å². The minimum atomic E-state index is -0.757. The molecule has 3 atom stereocenters. The van der Waals surface area contributed by atoms with E-state index in [9.17, 15) is 4.79 Å². The Morgan fingerprint density at radius 1 is 1.25 bits per heavy atom. The van der Waals surface area contributed by atoms with Gasteiger partial charge in [0, 0.05) is 0 Å². The van der Waals surface area contributed by atoms with E-state index in [2.05, 4.69) is 6.58 Å². The first-order valence-electron chi connectivity index (χ1n) is 6.43. The van der Waals surface area contributed by atoms with Gasteiger partial charge in [-0.05, 0) is 26.0 Å². The second-order valence-corrected chi connectivity index (χ2v) is 5.24. The molecule has 2 fully saturated rings. The third-order valence-corrected chi connectivity index (χ3v) is 3.21. The largest absolute Gasteiger partial charge is 0.463 e. The second-order valence-electron chi connectivity index (χ2n) is 5.24. The van der Waals surface area contributed by atoms with Gasteiger partial charge in [0.25, 0.3) is 0 Å². The maximum Gasteiger partial charge on any atom is 0.338 e. The zero-order chi connectivity index (χ0) is 14.3.